The first kappa shape index (κ1) is 7.61. The summed E-state index contributed by atoms with van der Waals surface area (Å²) >= 11 is 0. The highest BCUT2D eigenvalue weighted by atomic mass is 14.3. The van der Waals surface area contributed by atoms with Gasteiger partial charge in [0.25, 0.3) is 0 Å². The van der Waals surface area contributed by atoms with Gasteiger partial charge in [0.15, 0.2) is 0 Å². The zero-order chi connectivity index (χ0) is 8.67. The van der Waals surface area contributed by atoms with Crippen LogP contribution >= 0.6 is 0 Å². The molecule has 13 heavy (non-hydrogen) atoms. The summed E-state index contributed by atoms with van der Waals surface area (Å²) in [5.74, 6) is 0. The molecule has 3 aliphatic carbocycles. The van der Waals surface area contributed by atoms with Crippen molar-refractivity contribution in [3.63, 3.8) is 0 Å². The van der Waals surface area contributed by atoms with Gasteiger partial charge in [-0.05, 0) is 50.5 Å². The molecule has 68 valence electrons. The quantitative estimate of drug-likeness (QED) is 0.486. The smallest absolute Gasteiger partial charge is 0.00646 e. The molecule has 0 nitrogen and oxygen atoms in total. The van der Waals surface area contributed by atoms with E-state index < -0.39 is 0 Å². The van der Waals surface area contributed by atoms with E-state index in [0.717, 1.165) is 0 Å². The third-order valence-corrected chi connectivity index (χ3v) is 3.68. The second-order valence-corrected chi connectivity index (χ2v) is 4.50. The maximum atomic E-state index is 2.35. The van der Waals surface area contributed by atoms with Gasteiger partial charge in [-0.3, -0.25) is 0 Å². The van der Waals surface area contributed by atoms with Gasteiger partial charge in [0.1, 0.15) is 0 Å². The second kappa shape index (κ2) is 2.87. The maximum Gasteiger partial charge on any atom is -0.00646 e. The van der Waals surface area contributed by atoms with E-state index in [4.69, 9.17) is 0 Å². The highest BCUT2D eigenvalue weighted by molar-refractivity contribution is 5.44. The Hall–Kier alpha value is -0.780. The monoisotopic (exact) mass is 172 g/mol. The third-order valence-electron chi connectivity index (χ3n) is 3.68. The van der Waals surface area contributed by atoms with Crippen molar-refractivity contribution in [3.8, 4) is 0 Å². The van der Waals surface area contributed by atoms with Crippen LogP contribution in [-0.2, 0) is 0 Å². The van der Waals surface area contributed by atoms with Gasteiger partial charge in [0, 0.05) is 0 Å². The molecule has 0 radical (unpaired) electrons. The molecule has 0 aliphatic heterocycles. The Morgan fingerprint density at radius 3 is 2.46 bits per heavy atom. The average molecular weight is 172 g/mol. The van der Waals surface area contributed by atoms with Crippen LogP contribution in [0.2, 0.25) is 0 Å². The minimum Gasteiger partial charge on any atom is -0.0802 e. The molecule has 0 saturated heterocycles. The van der Waals surface area contributed by atoms with Crippen LogP contribution in [0.4, 0.5) is 0 Å². The molecule has 0 unspecified atom stereocenters. The summed E-state index contributed by atoms with van der Waals surface area (Å²) in [6, 6.07) is 0. The van der Waals surface area contributed by atoms with E-state index in [1.807, 2.05) is 0 Å². The minimum absolute atomic E-state index is 1.24. The molecule has 0 heterocycles. The third kappa shape index (κ3) is 1.20. The van der Waals surface area contributed by atoms with E-state index in [1.165, 1.54) is 44.9 Å². The van der Waals surface area contributed by atoms with Crippen molar-refractivity contribution in [2.75, 3.05) is 0 Å². The molecule has 0 aromatic carbocycles. The fraction of sp³-hybridized carbons (Fsp3) is 0.538. The number of hydrogen-bond acceptors (Lipinski definition) is 0. The summed E-state index contributed by atoms with van der Waals surface area (Å²) in [5.41, 5.74) is 6.96. The van der Waals surface area contributed by atoms with Gasteiger partial charge < -0.3 is 0 Å². The lowest BCUT2D eigenvalue weighted by Crippen LogP contribution is -2.06. The zero-order valence-electron chi connectivity index (χ0n) is 8.10. The van der Waals surface area contributed by atoms with Gasteiger partial charge in [0.05, 0.1) is 0 Å². The molecule has 0 N–H and O–H groups in total. The highest BCUT2D eigenvalue weighted by Crippen LogP contribution is 2.41. The van der Waals surface area contributed by atoms with Crippen molar-refractivity contribution in [2.24, 2.45) is 0 Å². The summed E-state index contributed by atoms with van der Waals surface area (Å²) in [7, 11) is 0. The van der Waals surface area contributed by atoms with Gasteiger partial charge >= 0.3 is 0 Å². The Bertz CT molecular complexity index is 326. The van der Waals surface area contributed by atoms with Crippen molar-refractivity contribution < 1.29 is 0 Å². The molecule has 0 fully saturated rings. The Kier molecular flexibility index (Phi) is 1.68. The average Bonchev–Trinajstić information content (AvgIpc) is 2.61. The predicted molar refractivity (Wildman–Crippen MR) is 55.5 cm³/mol. The summed E-state index contributed by atoms with van der Waals surface area (Å²) in [5, 5.41) is 0. The van der Waals surface area contributed by atoms with Crippen LogP contribution in [0.3, 0.4) is 0 Å². The van der Waals surface area contributed by atoms with Crippen LogP contribution in [0.5, 0.6) is 0 Å². The first-order chi connectivity index (χ1) is 6.43. The summed E-state index contributed by atoms with van der Waals surface area (Å²) in [6.45, 7) is 0. The molecular formula is C13H16. The minimum atomic E-state index is 1.24. The molecule has 0 saturated carbocycles. The molecule has 0 heteroatoms. The topological polar surface area (TPSA) is 0 Å². The molecule has 0 spiro atoms. The Balaban J connectivity index is 1.89. The van der Waals surface area contributed by atoms with Crippen molar-refractivity contribution in [1.29, 1.82) is 0 Å². The normalized spacial score (nSPS) is 26.5. The van der Waals surface area contributed by atoms with E-state index in [2.05, 4.69) is 12.2 Å². The Morgan fingerprint density at radius 2 is 1.62 bits per heavy atom. The van der Waals surface area contributed by atoms with Crippen molar-refractivity contribution >= 4 is 0 Å². The lowest BCUT2D eigenvalue weighted by molar-refractivity contribution is 0.635. The first-order valence-electron chi connectivity index (χ1n) is 5.51. The zero-order valence-corrected chi connectivity index (χ0v) is 8.10. The number of rotatable bonds is 0. The SMILES string of the molecule is C1=CC2=C(C1)CC1=C(CCCC1)C2. The molecule has 0 aromatic rings. The van der Waals surface area contributed by atoms with Crippen LogP contribution in [-0.4, -0.2) is 0 Å². The van der Waals surface area contributed by atoms with E-state index in [0.29, 0.717) is 0 Å². The standard InChI is InChI=1S/C13H16/c1-2-5-11-9-13-7-3-6-12(13)8-10(11)4-1/h3,6H,1-2,4-5,7-9H2. The molecule has 0 atom stereocenters. The van der Waals surface area contributed by atoms with Gasteiger partial charge in [-0.15, -0.1) is 0 Å². The van der Waals surface area contributed by atoms with Crippen LogP contribution < -0.4 is 0 Å². The summed E-state index contributed by atoms with van der Waals surface area (Å²) < 4.78 is 0. The molecule has 3 aliphatic rings. The van der Waals surface area contributed by atoms with Gasteiger partial charge in [0.2, 0.25) is 0 Å². The van der Waals surface area contributed by atoms with Crippen LogP contribution in [0, 0.1) is 0 Å². The van der Waals surface area contributed by atoms with Crippen LogP contribution in [0.1, 0.15) is 44.9 Å². The largest absolute Gasteiger partial charge is 0.0802 e. The van der Waals surface area contributed by atoms with Gasteiger partial charge in [-0.25, -0.2) is 0 Å². The molecule has 0 amide bonds. The van der Waals surface area contributed by atoms with E-state index in [-0.39, 0.29) is 0 Å². The Labute approximate surface area is 80.0 Å². The summed E-state index contributed by atoms with van der Waals surface area (Å²) in [6.07, 6.45) is 14.2. The first-order valence-corrected chi connectivity index (χ1v) is 5.51. The van der Waals surface area contributed by atoms with Crippen molar-refractivity contribution in [1.82, 2.24) is 0 Å². The van der Waals surface area contributed by atoms with Crippen LogP contribution in [0.25, 0.3) is 0 Å². The lowest BCUT2D eigenvalue weighted by atomic mass is 9.80. The van der Waals surface area contributed by atoms with Gasteiger partial charge in [-0.2, -0.15) is 0 Å². The summed E-state index contributed by atoms with van der Waals surface area (Å²) in [4.78, 5) is 0. The second-order valence-electron chi connectivity index (χ2n) is 4.50. The van der Waals surface area contributed by atoms with Crippen molar-refractivity contribution in [2.45, 2.75) is 44.9 Å². The Morgan fingerprint density at radius 1 is 0.846 bits per heavy atom. The lowest BCUT2D eigenvalue weighted by Gasteiger charge is -2.26. The fourth-order valence-corrected chi connectivity index (χ4v) is 2.91. The number of allylic oxidation sites excluding steroid dienone is 6. The van der Waals surface area contributed by atoms with Gasteiger partial charge in [-0.1, -0.05) is 28.9 Å². The molecular weight excluding hydrogens is 156 g/mol. The van der Waals surface area contributed by atoms with E-state index in [1.54, 1.807) is 22.3 Å². The molecule has 0 bridgehead atoms. The molecule has 3 rings (SSSR count). The highest BCUT2D eigenvalue weighted by Gasteiger charge is 2.22. The maximum absolute atomic E-state index is 2.35. The predicted octanol–water partition coefficient (Wildman–Crippen LogP) is 3.91. The van der Waals surface area contributed by atoms with E-state index in [9.17, 15) is 0 Å². The van der Waals surface area contributed by atoms with Crippen LogP contribution in [0.15, 0.2) is 34.4 Å². The number of hydrogen-bond donors (Lipinski definition) is 0. The van der Waals surface area contributed by atoms with Crippen molar-refractivity contribution in [3.05, 3.63) is 34.4 Å². The fourth-order valence-electron chi connectivity index (χ4n) is 2.91. The van der Waals surface area contributed by atoms with E-state index >= 15 is 0 Å². The molecule has 0 aromatic heterocycles.